The average molecular weight is 725 g/mol. The minimum absolute atomic E-state index is 0.554. The van der Waals surface area contributed by atoms with Crippen LogP contribution in [-0.4, -0.2) is 29.5 Å². The second-order valence-corrected chi connectivity index (χ2v) is 14.3. The van der Waals surface area contributed by atoms with Crippen LogP contribution in [0.4, 0.5) is 0 Å². The molecule has 11 rings (SSSR count). The summed E-state index contributed by atoms with van der Waals surface area (Å²) in [5.41, 5.74) is 10.1. The summed E-state index contributed by atoms with van der Waals surface area (Å²) in [7, 11) is 0. The monoisotopic (exact) mass is 724 g/mol. The highest BCUT2D eigenvalue weighted by atomic mass is 32.1. The van der Waals surface area contributed by atoms with Crippen LogP contribution in [0.5, 0.6) is 0 Å². The van der Waals surface area contributed by atoms with Crippen molar-refractivity contribution in [3.63, 3.8) is 0 Å². The highest BCUT2D eigenvalue weighted by molar-refractivity contribution is 7.21. The zero-order valence-electron chi connectivity index (χ0n) is 29.2. The SMILES string of the molecule is c1ccc(-c2nc(-c3ccc(-c4nc5ccccc5s4)cc3)nc(-c3cccc4oc5cccc(-c6nc7ccccc7n6-c6ccccc6)c5c34)n2)cc1. The fourth-order valence-corrected chi connectivity index (χ4v) is 8.35. The standard InChI is InChI=1S/C47H28N6OS/c1-3-13-29(14-4-1)43-50-44(30-25-27-31(28-26-30)47-49-36-20-8-10-24-40(36)55-47)52-45(51-43)33-17-11-22-38-41(33)42-34(18-12-23-39(42)54-38)46-48-35-19-7-9-21-37(35)53(46)32-15-5-2-6-16-32/h1-28H. The molecule has 0 radical (unpaired) electrons. The molecule has 4 aromatic heterocycles. The minimum atomic E-state index is 0.554. The number of nitrogens with zero attached hydrogens (tertiary/aromatic N) is 6. The van der Waals surface area contributed by atoms with E-state index in [1.807, 2.05) is 84.9 Å². The van der Waals surface area contributed by atoms with Gasteiger partial charge in [-0.05, 0) is 48.5 Å². The van der Waals surface area contributed by atoms with Gasteiger partial charge in [0.05, 0.1) is 21.3 Å². The Labute approximate surface area is 318 Å². The van der Waals surface area contributed by atoms with Gasteiger partial charge >= 0.3 is 0 Å². The first-order valence-electron chi connectivity index (χ1n) is 18.0. The summed E-state index contributed by atoms with van der Waals surface area (Å²) in [5.74, 6) is 2.55. The van der Waals surface area contributed by atoms with Gasteiger partial charge < -0.3 is 4.42 Å². The first-order chi connectivity index (χ1) is 27.2. The van der Waals surface area contributed by atoms with Gasteiger partial charge in [-0.15, -0.1) is 11.3 Å². The molecule has 0 aliphatic rings. The van der Waals surface area contributed by atoms with Gasteiger partial charge in [-0.2, -0.15) is 0 Å². The quantitative estimate of drug-likeness (QED) is 0.170. The first-order valence-corrected chi connectivity index (χ1v) is 18.8. The molecule has 0 atom stereocenters. The lowest BCUT2D eigenvalue weighted by Crippen LogP contribution is -2.00. The number of rotatable bonds is 6. The first kappa shape index (κ1) is 31.3. The molecule has 4 heterocycles. The molecule has 55 heavy (non-hydrogen) atoms. The average Bonchev–Trinajstić information content (AvgIpc) is 3.98. The number of benzene rings is 7. The fraction of sp³-hybridized carbons (Fsp3) is 0. The van der Waals surface area contributed by atoms with Crippen molar-refractivity contribution in [1.29, 1.82) is 0 Å². The number of para-hydroxylation sites is 4. The Morgan fingerprint density at radius 1 is 0.418 bits per heavy atom. The van der Waals surface area contributed by atoms with E-state index in [-0.39, 0.29) is 0 Å². The molecular weight excluding hydrogens is 697 g/mol. The van der Waals surface area contributed by atoms with Crippen molar-refractivity contribution in [3.8, 4) is 61.8 Å². The van der Waals surface area contributed by atoms with Gasteiger partial charge in [0, 0.05) is 44.3 Å². The van der Waals surface area contributed by atoms with Crippen LogP contribution in [0.3, 0.4) is 0 Å². The molecule has 0 saturated carbocycles. The molecule has 11 aromatic rings. The molecular formula is C47H28N6OS. The summed E-state index contributed by atoms with van der Waals surface area (Å²) >= 11 is 1.69. The Hall–Kier alpha value is -7.29. The van der Waals surface area contributed by atoms with Crippen LogP contribution in [0.2, 0.25) is 0 Å². The largest absolute Gasteiger partial charge is 0.456 e. The Balaban J connectivity index is 1.12. The van der Waals surface area contributed by atoms with Crippen molar-refractivity contribution in [2.45, 2.75) is 0 Å². The molecule has 0 saturated heterocycles. The summed E-state index contributed by atoms with van der Waals surface area (Å²) in [4.78, 5) is 25.4. The number of aromatic nitrogens is 6. The molecule has 0 N–H and O–H groups in total. The van der Waals surface area contributed by atoms with Crippen LogP contribution in [0.25, 0.3) is 105 Å². The van der Waals surface area contributed by atoms with Crippen molar-refractivity contribution >= 4 is 54.5 Å². The molecule has 0 spiro atoms. The van der Waals surface area contributed by atoms with Gasteiger partial charge in [-0.3, -0.25) is 4.57 Å². The van der Waals surface area contributed by atoms with Crippen molar-refractivity contribution in [1.82, 2.24) is 29.5 Å². The third-order valence-corrected chi connectivity index (χ3v) is 11.0. The smallest absolute Gasteiger partial charge is 0.164 e. The van der Waals surface area contributed by atoms with Crippen LogP contribution in [0.1, 0.15) is 0 Å². The van der Waals surface area contributed by atoms with E-state index < -0.39 is 0 Å². The van der Waals surface area contributed by atoms with Crippen LogP contribution in [0, 0.1) is 0 Å². The maximum absolute atomic E-state index is 6.59. The molecule has 258 valence electrons. The van der Waals surface area contributed by atoms with Gasteiger partial charge in [-0.1, -0.05) is 121 Å². The predicted molar refractivity (Wildman–Crippen MR) is 222 cm³/mol. The van der Waals surface area contributed by atoms with Crippen LogP contribution in [-0.2, 0) is 0 Å². The van der Waals surface area contributed by atoms with Gasteiger partial charge in [0.15, 0.2) is 17.5 Å². The van der Waals surface area contributed by atoms with Crippen LogP contribution >= 0.6 is 11.3 Å². The van der Waals surface area contributed by atoms with Crippen molar-refractivity contribution in [2.24, 2.45) is 0 Å². The molecule has 8 heteroatoms. The van der Waals surface area contributed by atoms with Crippen molar-refractivity contribution in [3.05, 3.63) is 170 Å². The zero-order chi connectivity index (χ0) is 36.3. The van der Waals surface area contributed by atoms with Crippen LogP contribution < -0.4 is 0 Å². The maximum Gasteiger partial charge on any atom is 0.164 e. The third-order valence-electron chi connectivity index (χ3n) is 9.93. The topological polar surface area (TPSA) is 82.5 Å². The van der Waals surface area contributed by atoms with E-state index in [9.17, 15) is 0 Å². The Morgan fingerprint density at radius 2 is 1.00 bits per heavy atom. The fourth-order valence-electron chi connectivity index (χ4n) is 7.38. The van der Waals surface area contributed by atoms with E-state index in [0.717, 1.165) is 87.5 Å². The second-order valence-electron chi connectivity index (χ2n) is 13.3. The summed E-state index contributed by atoms with van der Waals surface area (Å²) in [6, 6.07) is 57.4. The summed E-state index contributed by atoms with van der Waals surface area (Å²) in [6.07, 6.45) is 0. The number of hydrogen-bond donors (Lipinski definition) is 0. The number of fused-ring (bicyclic) bond motifs is 5. The molecule has 0 unspecified atom stereocenters. The highest BCUT2D eigenvalue weighted by Gasteiger charge is 2.23. The van der Waals surface area contributed by atoms with Gasteiger partial charge in [0.1, 0.15) is 22.0 Å². The summed E-state index contributed by atoms with van der Waals surface area (Å²) < 4.78 is 9.97. The molecule has 0 aliphatic carbocycles. The highest BCUT2D eigenvalue weighted by Crippen LogP contribution is 2.42. The zero-order valence-corrected chi connectivity index (χ0v) is 30.0. The molecule has 7 nitrogen and oxygen atoms in total. The number of imidazole rings is 1. The Morgan fingerprint density at radius 3 is 1.75 bits per heavy atom. The third kappa shape index (κ3) is 5.30. The maximum atomic E-state index is 6.59. The second kappa shape index (κ2) is 12.7. The van der Waals surface area contributed by atoms with Gasteiger partial charge in [0.25, 0.3) is 0 Å². The lowest BCUT2D eigenvalue weighted by atomic mass is 10.0. The van der Waals surface area contributed by atoms with E-state index in [1.165, 1.54) is 0 Å². The Kier molecular flexibility index (Phi) is 7.21. The van der Waals surface area contributed by atoms with E-state index in [2.05, 4.69) is 89.5 Å². The van der Waals surface area contributed by atoms with Gasteiger partial charge in [-0.25, -0.2) is 24.9 Å². The van der Waals surface area contributed by atoms with Crippen molar-refractivity contribution in [2.75, 3.05) is 0 Å². The minimum Gasteiger partial charge on any atom is -0.456 e. The van der Waals surface area contributed by atoms with Crippen molar-refractivity contribution < 1.29 is 4.42 Å². The predicted octanol–water partition coefficient (Wildman–Crippen LogP) is 12.1. The molecule has 0 amide bonds. The Bertz CT molecular complexity index is 3170. The van der Waals surface area contributed by atoms with E-state index in [4.69, 9.17) is 29.3 Å². The van der Waals surface area contributed by atoms with E-state index >= 15 is 0 Å². The molecule has 7 aromatic carbocycles. The lowest BCUT2D eigenvalue weighted by molar-refractivity contribution is 0.669. The normalized spacial score (nSPS) is 11.6. The number of hydrogen-bond acceptors (Lipinski definition) is 7. The lowest BCUT2D eigenvalue weighted by Gasteiger charge is -2.12. The van der Waals surface area contributed by atoms with E-state index in [0.29, 0.717) is 17.5 Å². The number of thiazole rings is 1. The van der Waals surface area contributed by atoms with Crippen LogP contribution in [0.15, 0.2) is 174 Å². The summed E-state index contributed by atoms with van der Waals surface area (Å²) in [5, 5.41) is 2.84. The summed E-state index contributed by atoms with van der Waals surface area (Å²) in [6.45, 7) is 0. The number of furan rings is 1. The molecule has 0 bridgehead atoms. The van der Waals surface area contributed by atoms with Gasteiger partial charge in [0.2, 0.25) is 0 Å². The molecule has 0 fully saturated rings. The van der Waals surface area contributed by atoms with E-state index in [1.54, 1.807) is 11.3 Å². The molecule has 0 aliphatic heterocycles.